The number of anilines is 1. The molecule has 2 rings (SSSR count). The number of nitrogens with two attached hydrogens (primary N) is 1. The van der Waals surface area contributed by atoms with Crippen LogP contribution in [0, 0.1) is 0 Å². The molecule has 1 aromatic heterocycles. The van der Waals surface area contributed by atoms with Gasteiger partial charge in [-0.3, -0.25) is 4.79 Å². The molecule has 0 aromatic carbocycles. The number of pyridine rings is 1. The van der Waals surface area contributed by atoms with Gasteiger partial charge in [-0.05, 0) is 18.1 Å². The SMILES string of the molecule is CC(C)c1cc(C(=O)N2CCSCC2)cc(NN)n1. The number of hydrogen-bond acceptors (Lipinski definition) is 5. The normalized spacial score (nSPS) is 15.7. The van der Waals surface area contributed by atoms with E-state index in [-0.39, 0.29) is 11.8 Å². The number of carbonyl (C=O) groups excluding carboxylic acids is 1. The standard InChI is InChI=1S/C13H20N4OS/c1-9(2)11-7-10(8-12(15-11)16-14)13(18)17-3-5-19-6-4-17/h7-9H,3-6,14H2,1-2H3,(H,15,16). The van der Waals surface area contributed by atoms with E-state index >= 15 is 0 Å². The Morgan fingerprint density at radius 1 is 1.42 bits per heavy atom. The fraction of sp³-hybridized carbons (Fsp3) is 0.538. The number of nitrogen functional groups attached to an aromatic ring is 1. The number of hydrazine groups is 1. The number of amides is 1. The number of rotatable bonds is 3. The highest BCUT2D eigenvalue weighted by molar-refractivity contribution is 7.99. The van der Waals surface area contributed by atoms with E-state index in [1.807, 2.05) is 22.7 Å². The molecule has 3 N–H and O–H groups in total. The average Bonchev–Trinajstić information content (AvgIpc) is 2.46. The number of carbonyl (C=O) groups is 1. The summed E-state index contributed by atoms with van der Waals surface area (Å²) >= 11 is 1.89. The molecule has 0 saturated carbocycles. The van der Waals surface area contributed by atoms with Crippen LogP contribution in [0.5, 0.6) is 0 Å². The van der Waals surface area contributed by atoms with Crippen molar-refractivity contribution >= 4 is 23.5 Å². The van der Waals surface area contributed by atoms with Crippen LogP contribution >= 0.6 is 11.8 Å². The predicted molar refractivity (Wildman–Crippen MR) is 79.4 cm³/mol. The van der Waals surface area contributed by atoms with E-state index in [0.717, 1.165) is 30.3 Å². The summed E-state index contributed by atoms with van der Waals surface area (Å²) in [7, 11) is 0. The number of aromatic nitrogens is 1. The molecule has 1 aliphatic heterocycles. The maximum atomic E-state index is 12.5. The Labute approximate surface area is 117 Å². The first-order chi connectivity index (χ1) is 9.11. The van der Waals surface area contributed by atoms with Crippen molar-refractivity contribution in [2.45, 2.75) is 19.8 Å². The second kappa shape index (κ2) is 6.25. The molecule has 2 heterocycles. The van der Waals surface area contributed by atoms with Crippen molar-refractivity contribution in [1.82, 2.24) is 9.88 Å². The highest BCUT2D eigenvalue weighted by Gasteiger charge is 2.20. The van der Waals surface area contributed by atoms with Gasteiger partial charge in [-0.15, -0.1) is 0 Å². The molecule has 1 aromatic rings. The average molecular weight is 280 g/mol. The number of thioether (sulfide) groups is 1. The third kappa shape index (κ3) is 3.39. The summed E-state index contributed by atoms with van der Waals surface area (Å²) < 4.78 is 0. The van der Waals surface area contributed by atoms with Gasteiger partial charge < -0.3 is 10.3 Å². The lowest BCUT2D eigenvalue weighted by molar-refractivity contribution is 0.0772. The minimum Gasteiger partial charge on any atom is -0.337 e. The molecule has 0 unspecified atom stereocenters. The Balaban J connectivity index is 2.26. The van der Waals surface area contributed by atoms with E-state index < -0.39 is 0 Å². The zero-order valence-electron chi connectivity index (χ0n) is 11.3. The highest BCUT2D eigenvalue weighted by Crippen LogP contribution is 2.19. The molecule has 1 fully saturated rings. The van der Waals surface area contributed by atoms with Gasteiger partial charge in [0, 0.05) is 35.9 Å². The van der Waals surface area contributed by atoms with Crippen LogP contribution in [0.15, 0.2) is 12.1 Å². The van der Waals surface area contributed by atoms with Crippen LogP contribution in [-0.2, 0) is 0 Å². The van der Waals surface area contributed by atoms with Crippen LogP contribution < -0.4 is 11.3 Å². The van der Waals surface area contributed by atoms with Crippen molar-refractivity contribution in [1.29, 1.82) is 0 Å². The van der Waals surface area contributed by atoms with Crippen LogP contribution in [-0.4, -0.2) is 40.4 Å². The molecule has 6 heteroatoms. The van der Waals surface area contributed by atoms with E-state index in [4.69, 9.17) is 5.84 Å². The summed E-state index contributed by atoms with van der Waals surface area (Å²) in [4.78, 5) is 18.7. The van der Waals surface area contributed by atoms with E-state index in [9.17, 15) is 4.79 Å². The predicted octanol–water partition coefficient (Wildman–Crippen LogP) is 1.68. The Hall–Kier alpha value is -1.27. The van der Waals surface area contributed by atoms with Crippen molar-refractivity contribution in [2.75, 3.05) is 30.0 Å². The quantitative estimate of drug-likeness (QED) is 0.651. The molecule has 0 bridgehead atoms. The van der Waals surface area contributed by atoms with Crippen LogP contribution in [0.1, 0.15) is 35.8 Å². The van der Waals surface area contributed by atoms with E-state index in [0.29, 0.717) is 11.4 Å². The molecule has 1 aliphatic rings. The largest absolute Gasteiger partial charge is 0.337 e. The first-order valence-corrected chi connectivity index (χ1v) is 7.63. The molecule has 104 valence electrons. The lowest BCUT2D eigenvalue weighted by atomic mass is 10.1. The van der Waals surface area contributed by atoms with E-state index in [1.54, 1.807) is 6.07 Å². The third-order valence-electron chi connectivity index (χ3n) is 3.13. The van der Waals surface area contributed by atoms with Crippen molar-refractivity contribution < 1.29 is 4.79 Å². The molecule has 19 heavy (non-hydrogen) atoms. The lowest BCUT2D eigenvalue weighted by Crippen LogP contribution is -2.38. The molecule has 0 spiro atoms. The van der Waals surface area contributed by atoms with Crippen molar-refractivity contribution in [3.05, 3.63) is 23.4 Å². The molecular weight excluding hydrogens is 260 g/mol. The van der Waals surface area contributed by atoms with Crippen LogP contribution in [0.2, 0.25) is 0 Å². The molecule has 0 radical (unpaired) electrons. The smallest absolute Gasteiger partial charge is 0.254 e. The van der Waals surface area contributed by atoms with Gasteiger partial charge in [-0.2, -0.15) is 11.8 Å². The molecule has 1 saturated heterocycles. The fourth-order valence-corrected chi connectivity index (χ4v) is 2.90. The van der Waals surface area contributed by atoms with E-state index in [1.165, 1.54) is 0 Å². The second-order valence-electron chi connectivity index (χ2n) is 4.87. The Morgan fingerprint density at radius 2 is 2.11 bits per heavy atom. The van der Waals surface area contributed by atoms with Crippen LogP contribution in [0.25, 0.3) is 0 Å². The maximum absolute atomic E-state index is 12.5. The Kier molecular flexibility index (Phi) is 4.66. The van der Waals surface area contributed by atoms with Gasteiger partial charge in [0.15, 0.2) is 0 Å². The number of nitrogens with one attached hydrogen (secondary N) is 1. The first kappa shape index (κ1) is 14.1. The molecular formula is C13H20N4OS. The third-order valence-corrected chi connectivity index (χ3v) is 4.07. The molecule has 5 nitrogen and oxygen atoms in total. The van der Waals surface area contributed by atoms with Crippen molar-refractivity contribution in [3.63, 3.8) is 0 Å². The molecule has 1 amide bonds. The Bertz CT molecular complexity index is 458. The number of nitrogens with zero attached hydrogens (tertiary/aromatic N) is 2. The summed E-state index contributed by atoms with van der Waals surface area (Å²) in [6.07, 6.45) is 0. The topological polar surface area (TPSA) is 71.2 Å². The highest BCUT2D eigenvalue weighted by atomic mass is 32.2. The fourth-order valence-electron chi connectivity index (χ4n) is 1.99. The summed E-state index contributed by atoms with van der Waals surface area (Å²) in [5.74, 6) is 8.32. The van der Waals surface area contributed by atoms with Crippen LogP contribution in [0.3, 0.4) is 0 Å². The second-order valence-corrected chi connectivity index (χ2v) is 6.09. The minimum atomic E-state index is 0.0705. The summed E-state index contributed by atoms with van der Waals surface area (Å²) in [5.41, 5.74) is 4.08. The summed E-state index contributed by atoms with van der Waals surface area (Å²) in [5, 5.41) is 0. The molecule has 0 aliphatic carbocycles. The molecule has 0 atom stereocenters. The maximum Gasteiger partial charge on any atom is 0.254 e. The lowest BCUT2D eigenvalue weighted by Gasteiger charge is -2.26. The first-order valence-electron chi connectivity index (χ1n) is 6.47. The van der Waals surface area contributed by atoms with Crippen molar-refractivity contribution in [3.8, 4) is 0 Å². The van der Waals surface area contributed by atoms with Gasteiger partial charge >= 0.3 is 0 Å². The van der Waals surface area contributed by atoms with Gasteiger partial charge in [0.05, 0.1) is 0 Å². The van der Waals surface area contributed by atoms with E-state index in [2.05, 4.69) is 24.3 Å². The zero-order valence-corrected chi connectivity index (χ0v) is 12.2. The summed E-state index contributed by atoms with van der Waals surface area (Å²) in [6, 6.07) is 3.59. The van der Waals surface area contributed by atoms with Gasteiger partial charge in [-0.25, -0.2) is 10.8 Å². The minimum absolute atomic E-state index is 0.0705. The zero-order chi connectivity index (χ0) is 13.8. The van der Waals surface area contributed by atoms with Crippen LogP contribution in [0.4, 0.5) is 5.82 Å². The van der Waals surface area contributed by atoms with Gasteiger partial charge in [0.25, 0.3) is 5.91 Å². The Morgan fingerprint density at radius 3 is 2.68 bits per heavy atom. The van der Waals surface area contributed by atoms with Crippen molar-refractivity contribution in [2.24, 2.45) is 5.84 Å². The summed E-state index contributed by atoms with van der Waals surface area (Å²) in [6.45, 7) is 5.73. The van der Waals surface area contributed by atoms with Gasteiger partial charge in [0.1, 0.15) is 5.82 Å². The van der Waals surface area contributed by atoms with Gasteiger partial charge in [-0.1, -0.05) is 13.8 Å². The van der Waals surface area contributed by atoms with Gasteiger partial charge in [0.2, 0.25) is 0 Å². The monoisotopic (exact) mass is 280 g/mol. The number of hydrogen-bond donors (Lipinski definition) is 2.